The molecule has 24 heavy (non-hydrogen) atoms. The van der Waals surface area contributed by atoms with E-state index >= 15 is 0 Å². The summed E-state index contributed by atoms with van der Waals surface area (Å²) >= 11 is 5.98. The summed E-state index contributed by atoms with van der Waals surface area (Å²) in [6, 6.07) is 4.09. The lowest BCUT2D eigenvalue weighted by Crippen LogP contribution is -2.39. The molecule has 0 aliphatic heterocycles. The lowest BCUT2D eigenvalue weighted by Gasteiger charge is -2.16. The molecule has 0 spiro atoms. The summed E-state index contributed by atoms with van der Waals surface area (Å²) in [5.74, 6) is -0.558. The molecule has 0 bridgehead atoms. The lowest BCUT2D eigenvalue weighted by atomic mass is 10.3. The number of hydrogen-bond acceptors (Lipinski definition) is 5. The number of amides is 2. The van der Waals surface area contributed by atoms with E-state index in [0.29, 0.717) is 6.54 Å². The third-order valence-corrected chi connectivity index (χ3v) is 4.48. The Labute approximate surface area is 147 Å². The first-order valence-corrected chi connectivity index (χ1v) is 9.65. The molecule has 7 nitrogen and oxygen atoms in total. The van der Waals surface area contributed by atoms with E-state index in [1.165, 1.54) is 18.2 Å². The number of carbonyl (C=O) groups is 2. The van der Waals surface area contributed by atoms with E-state index in [1.54, 1.807) is 11.9 Å². The Kier molecular flexibility index (Phi) is 7.65. The molecule has 0 heterocycles. The van der Waals surface area contributed by atoms with Crippen LogP contribution in [0.1, 0.15) is 13.3 Å². The van der Waals surface area contributed by atoms with Gasteiger partial charge in [-0.3, -0.25) is 14.5 Å². The SMILES string of the molecule is CCCNC(=O)CN(C)CC(=O)Nc1cc(S(C)(=O)=O)ccc1Cl. The molecule has 1 rings (SSSR count). The number of rotatable bonds is 8. The molecule has 0 radical (unpaired) electrons. The molecule has 0 unspecified atom stereocenters. The zero-order valence-electron chi connectivity index (χ0n) is 13.9. The molecular formula is C15H22ClN3O4S. The third kappa shape index (κ3) is 6.86. The average molecular weight is 376 g/mol. The molecule has 0 fully saturated rings. The number of sulfone groups is 1. The maximum absolute atomic E-state index is 12.0. The van der Waals surface area contributed by atoms with Crippen LogP contribution in [0.5, 0.6) is 0 Å². The Bertz CT molecular complexity index is 707. The molecule has 0 atom stereocenters. The van der Waals surface area contributed by atoms with Crippen LogP contribution in [-0.4, -0.2) is 58.1 Å². The highest BCUT2D eigenvalue weighted by Gasteiger charge is 2.14. The second-order valence-corrected chi connectivity index (χ2v) is 7.91. The van der Waals surface area contributed by atoms with Gasteiger partial charge in [0.05, 0.1) is 28.7 Å². The molecule has 0 saturated carbocycles. The van der Waals surface area contributed by atoms with Crippen LogP contribution in [0.2, 0.25) is 5.02 Å². The second-order valence-electron chi connectivity index (χ2n) is 5.48. The van der Waals surface area contributed by atoms with Crippen LogP contribution in [0.4, 0.5) is 5.69 Å². The molecule has 2 N–H and O–H groups in total. The van der Waals surface area contributed by atoms with Crippen molar-refractivity contribution < 1.29 is 18.0 Å². The first-order chi connectivity index (χ1) is 11.1. The van der Waals surface area contributed by atoms with E-state index in [0.717, 1.165) is 12.7 Å². The number of carbonyl (C=O) groups excluding carboxylic acids is 2. The minimum absolute atomic E-state index is 0.0288. The van der Waals surface area contributed by atoms with Gasteiger partial charge in [0.25, 0.3) is 0 Å². The van der Waals surface area contributed by atoms with E-state index < -0.39 is 15.7 Å². The molecule has 9 heteroatoms. The Morgan fingerprint density at radius 3 is 2.42 bits per heavy atom. The van der Waals surface area contributed by atoms with E-state index in [2.05, 4.69) is 10.6 Å². The molecule has 0 aliphatic rings. The Hall–Kier alpha value is -1.64. The number of nitrogens with zero attached hydrogens (tertiary/aromatic N) is 1. The summed E-state index contributed by atoms with van der Waals surface area (Å²) in [5.41, 5.74) is 0.216. The number of likely N-dealkylation sites (N-methyl/N-ethyl adjacent to an activating group) is 1. The van der Waals surface area contributed by atoms with E-state index in [9.17, 15) is 18.0 Å². The summed E-state index contributed by atoms with van der Waals surface area (Å²) in [6.07, 6.45) is 1.91. The maximum Gasteiger partial charge on any atom is 0.238 e. The molecule has 0 aliphatic carbocycles. The smallest absolute Gasteiger partial charge is 0.238 e. The van der Waals surface area contributed by atoms with Crippen LogP contribution in [0.25, 0.3) is 0 Å². The van der Waals surface area contributed by atoms with Crippen LogP contribution >= 0.6 is 11.6 Å². The number of anilines is 1. The average Bonchev–Trinajstić information content (AvgIpc) is 2.45. The predicted molar refractivity (Wildman–Crippen MR) is 94.0 cm³/mol. The normalized spacial score (nSPS) is 11.4. The molecule has 1 aromatic rings. The number of hydrogen-bond donors (Lipinski definition) is 2. The van der Waals surface area contributed by atoms with Gasteiger partial charge < -0.3 is 10.6 Å². The predicted octanol–water partition coefficient (Wildman–Crippen LogP) is 1.14. The zero-order chi connectivity index (χ0) is 18.3. The highest BCUT2D eigenvalue weighted by molar-refractivity contribution is 7.90. The number of halogens is 1. The first kappa shape index (κ1) is 20.4. The largest absolute Gasteiger partial charge is 0.355 e. The molecule has 1 aromatic carbocycles. The first-order valence-electron chi connectivity index (χ1n) is 7.38. The second kappa shape index (κ2) is 9.00. The number of nitrogens with one attached hydrogen (secondary N) is 2. The van der Waals surface area contributed by atoms with Crippen molar-refractivity contribution in [2.75, 3.05) is 38.3 Å². The summed E-state index contributed by atoms with van der Waals surface area (Å²) < 4.78 is 23.1. The molecule has 0 saturated heterocycles. The van der Waals surface area contributed by atoms with E-state index in [-0.39, 0.29) is 34.6 Å². The summed E-state index contributed by atoms with van der Waals surface area (Å²) in [6.45, 7) is 2.60. The monoisotopic (exact) mass is 375 g/mol. The van der Waals surface area contributed by atoms with Gasteiger partial charge in [-0.05, 0) is 31.7 Å². The van der Waals surface area contributed by atoms with Gasteiger partial charge >= 0.3 is 0 Å². The van der Waals surface area contributed by atoms with Gasteiger partial charge in [-0.15, -0.1) is 0 Å². The Balaban J connectivity index is 2.66. The van der Waals surface area contributed by atoms with Crippen LogP contribution in [-0.2, 0) is 19.4 Å². The van der Waals surface area contributed by atoms with E-state index in [4.69, 9.17) is 11.6 Å². The number of benzene rings is 1. The van der Waals surface area contributed by atoms with Crippen LogP contribution < -0.4 is 10.6 Å². The minimum Gasteiger partial charge on any atom is -0.355 e. The van der Waals surface area contributed by atoms with Gasteiger partial charge in [0.2, 0.25) is 11.8 Å². The fourth-order valence-electron chi connectivity index (χ4n) is 1.89. The fraction of sp³-hybridized carbons (Fsp3) is 0.467. The van der Waals surface area contributed by atoms with Gasteiger partial charge in [0.15, 0.2) is 9.84 Å². The van der Waals surface area contributed by atoms with Gasteiger partial charge in [-0.25, -0.2) is 8.42 Å². The Morgan fingerprint density at radius 2 is 1.83 bits per heavy atom. The highest BCUT2D eigenvalue weighted by atomic mass is 35.5. The van der Waals surface area contributed by atoms with Crippen molar-refractivity contribution in [3.8, 4) is 0 Å². The van der Waals surface area contributed by atoms with Crippen molar-refractivity contribution >= 4 is 38.9 Å². The lowest BCUT2D eigenvalue weighted by molar-refractivity contribution is -0.122. The molecule has 134 valence electrons. The molecule has 0 aromatic heterocycles. The van der Waals surface area contributed by atoms with Crippen molar-refractivity contribution in [1.29, 1.82) is 0 Å². The highest BCUT2D eigenvalue weighted by Crippen LogP contribution is 2.25. The third-order valence-electron chi connectivity index (χ3n) is 3.04. The van der Waals surface area contributed by atoms with Gasteiger partial charge in [-0.1, -0.05) is 18.5 Å². The van der Waals surface area contributed by atoms with Gasteiger partial charge in [0.1, 0.15) is 0 Å². The Morgan fingerprint density at radius 1 is 1.21 bits per heavy atom. The van der Waals surface area contributed by atoms with Crippen molar-refractivity contribution in [3.63, 3.8) is 0 Å². The van der Waals surface area contributed by atoms with Gasteiger partial charge in [-0.2, -0.15) is 0 Å². The maximum atomic E-state index is 12.0. The quantitative estimate of drug-likeness (QED) is 0.710. The van der Waals surface area contributed by atoms with Crippen molar-refractivity contribution in [1.82, 2.24) is 10.2 Å². The van der Waals surface area contributed by atoms with Crippen LogP contribution in [0.3, 0.4) is 0 Å². The molecular weight excluding hydrogens is 354 g/mol. The summed E-state index contributed by atoms with van der Waals surface area (Å²) in [7, 11) is -1.76. The summed E-state index contributed by atoms with van der Waals surface area (Å²) in [5, 5.41) is 5.52. The van der Waals surface area contributed by atoms with Crippen LogP contribution in [0, 0.1) is 0 Å². The van der Waals surface area contributed by atoms with Crippen molar-refractivity contribution in [2.24, 2.45) is 0 Å². The van der Waals surface area contributed by atoms with E-state index in [1.807, 2.05) is 6.92 Å². The fourth-order valence-corrected chi connectivity index (χ4v) is 2.70. The van der Waals surface area contributed by atoms with Crippen molar-refractivity contribution in [2.45, 2.75) is 18.2 Å². The minimum atomic E-state index is -3.40. The van der Waals surface area contributed by atoms with Crippen LogP contribution in [0.15, 0.2) is 23.1 Å². The zero-order valence-corrected chi connectivity index (χ0v) is 15.5. The topological polar surface area (TPSA) is 95.6 Å². The molecule has 2 amide bonds. The summed E-state index contributed by atoms with van der Waals surface area (Å²) in [4.78, 5) is 25.2. The standard InChI is InChI=1S/C15H22ClN3O4S/c1-4-7-17-14(20)9-19(2)10-15(21)18-13-8-11(24(3,22)23)5-6-12(13)16/h5-6,8H,4,7,9-10H2,1-3H3,(H,17,20)(H,18,21). The van der Waals surface area contributed by atoms with Crippen molar-refractivity contribution in [3.05, 3.63) is 23.2 Å². The van der Waals surface area contributed by atoms with Gasteiger partial charge in [0, 0.05) is 12.8 Å².